The van der Waals surface area contributed by atoms with Gasteiger partial charge >= 0.3 is 5.97 Å². The summed E-state index contributed by atoms with van der Waals surface area (Å²) < 4.78 is 6.51. The summed E-state index contributed by atoms with van der Waals surface area (Å²) in [5.74, 6) is 0.0657. The fraction of sp³-hybridized carbons (Fsp3) is 0.533. The summed E-state index contributed by atoms with van der Waals surface area (Å²) in [5, 5.41) is 18.5. The van der Waals surface area contributed by atoms with Crippen molar-refractivity contribution in [2.24, 2.45) is 10.4 Å². The lowest BCUT2D eigenvalue weighted by Crippen LogP contribution is -2.67. The summed E-state index contributed by atoms with van der Waals surface area (Å²) in [6.07, 6.45) is 16.1. The van der Waals surface area contributed by atoms with Crippen LogP contribution >= 0.6 is 0 Å². The molecule has 212 valence electrons. The van der Waals surface area contributed by atoms with Crippen LogP contribution in [0.15, 0.2) is 58.6 Å². The van der Waals surface area contributed by atoms with Gasteiger partial charge in [0, 0.05) is 11.6 Å². The highest BCUT2D eigenvalue weighted by atomic mass is 16.5. The first-order valence-electron chi connectivity index (χ1n) is 14.3. The Bertz CT molecular complexity index is 1290. The third kappa shape index (κ3) is 4.43. The van der Waals surface area contributed by atoms with Crippen LogP contribution in [0.4, 0.5) is 0 Å². The van der Waals surface area contributed by atoms with Crippen molar-refractivity contribution in [1.29, 1.82) is 0 Å². The van der Waals surface area contributed by atoms with Crippen LogP contribution < -0.4 is 16.1 Å². The number of carbonyl (C=O) groups is 2. The van der Waals surface area contributed by atoms with Crippen molar-refractivity contribution in [2.75, 3.05) is 6.54 Å². The van der Waals surface area contributed by atoms with Crippen molar-refractivity contribution in [2.45, 2.75) is 89.1 Å². The normalized spacial score (nSPS) is 32.5. The van der Waals surface area contributed by atoms with E-state index in [1.165, 1.54) is 6.20 Å². The number of carboxylic acid groups (broad SMARTS) is 1. The van der Waals surface area contributed by atoms with Gasteiger partial charge in [0.1, 0.15) is 17.5 Å². The summed E-state index contributed by atoms with van der Waals surface area (Å²) in [7, 11) is 0. The average molecular weight is 547 g/mol. The highest BCUT2D eigenvalue weighted by molar-refractivity contribution is 6.02. The Morgan fingerprint density at radius 2 is 2.00 bits per heavy atom. The van der Waals surface area contributed by atoms with Crippen LogP contribution in [0.25, 0.3) is 0 Å². The number of ether oxygens (including phenoxy) is 1. The molecule has 6 aliphatic rings. The maximum absolute atomic E-state index is 13.4. The molecule has 0 aromatic carbocycles. The molecule has 2 unspecified atom stereocenters. The van der Waals surface area contributed by atoms with E-state index < -0.39 is 11.5 Å². The molecule has 2 bridgehead atoms. The molecule has 3 saturated carbocycles. The summed E-state index contributed by atoms with van der Waals surface area (Å²) in [5.41, 5.74) is 5.81. The van der Waals surface area contributed by atoms with E-state index in [1.54, 1.807) is 24.5 Å². The number of rotatable bonds is 9. The van der Waals surface area contributed by atoms with Crippen molar-refractivity contribution in [3.05, 3.63) is 64.9 Å². The quantitative estimate of drug-likeness (QED) is 0.368. The van der Waals surface area contributed by atoms with E-state index in [4.69, 9.17) is 9.84 Å². The first-order chi connectivity index (χ1) is 19.3. The van der Waals surface area contributed by atoms with Crippen molar-refractivity contribution < 1.29 is 19.4 Å². The smallest absolute Gasteiger partial charge is 0.337 e. The summed E-state index contributed by atoms with van der Waals surface area (Å²) in [6, 6.07) is 3.31. The second kappa shape index (κ2) is 10.2. The number of fused-ring (bicyclic) bond motifs is 3. The molecule has 40 heavy (non-hydrogen) atoms. The van der Waals surface area contributed by atoms with Crippen LogP contribution in [0.3, 0.4) is 0 Å². The predicted octanol–water partition coefficient (Wildman–Crippen LogP) is 3.55. The second-order valence-corrected chi connectivity index (χ2v) is 11.9. The van der Waals surface area contributed by atoms with Crippen molar-refractivity contribution in [1.82, 2.24) is 26.1 Å². The number of carbonyl (C=O) groups excluding carboxylic acids is 1. The molecule has 1 aromatic rings. The lowest BCUT2D eigenvalue weighted by atomic mass is 9.57. The van der Waals surface area contributed by atoms with Gasteiger partial charge in [-0.25, -0.2) is 10.2 Å². The number of aromatic carboxylic acids is 1. The molecule has 0 saturated heterocycles. The number of hydrogen-bond acceptors (Lipinski definition) is 9. The highest BCUT2D eigenvalue weighted by Crippen LogP contribution is 2.57. The number of nitrogens with one attached hydrogen (secondary N) is 3. The SMILES string of the molecule is CCCC1(NN2C3=C(CN=CN3)NC2C23CCC(OCc4ccc(C(=O)O)cn4)(CC2)CC3)C(=O)C=CC=C1C. The van der Waals surface area contributed by atoms with Crippen molar-refractivity contribution in [3.8, 4) is 0 Å². The molecular formula is C30H38N6O4. The van der Waals surface area contributed by atoms with Gasteiger partial charge in [-0.15, -0.1) is 0 Å². The Morgan fingerprint density at radius 1 is 1.23 bits per heavy atom. The van der Waals surface area contributed by atoms with Crippen LogP contribution in [0.5, 0.6) is 0 Å². The minimum absolute atomic E-state index is 0.0110. The van der Waals surface area contributed by atoms with Gasteiger partial charge in [-0.3, -0.25) is 19.8 Å². The van der Waals surface area contributed by atoms with Crippen LogP contribution in [-0.2, 0) is 16.1 Å². The predicted molar refractivity (Wildman–Crippen MR) is 150 cm³/mol. The number of hydrogen-bond donors (Lipinski definition) is 4. The number of pyridine rings is 1. The van der Waals surface area contributed by atoms with Gasteiger partial charge in [0.25, 0.3) is 0 Å². The van der Waals surface area contributed by atoms with Gasteiger partial charge in [0.15, 0.2) is 5.78 Å². The molecule has 2 aliphatic heterocycles. The Morgan fingerprint density at radius 3 is 2.65 bits per heavy atom. The number of hydrazine groups is 1. The zero-order chi connectivity index (χ0) is 28.0. The molecular weight excluding hydrogens is 508 g/mol. The third-order valence-corrected chi connectivity index (χ3v) is 9.68. The maximum Gasteiger partial charge on any atom is 0.337 e. The van der Waals surface area contributed by atoms with Gasteiger partial charge in [0.05, 0.1) is 42.0 Å². The lowest BCUT2D eigenvalue weighted by molar-refractivity contribution is -0.164. The van der Waals surface area contributed by atoms with Crippen molar-refractivity contribution in [3.63, 3.8) is 0 Å². The molecule has 3 heterocycles. The fourth-order valence-electron chi connectivity index (χ4n) is 7.17. The molecule has 0 spiro atoms. The lowest BCUT2D eigenvalue weighted by Gasteiger charge is -2.57. The van der Waals surface area contributed by atoms with Gasteiger partial charge in [-0.1, -0.05) is 25.5 Å². The number of nitrogens with zero attached hydrogens (tertiary/aromatic N) is 3. The van der Waals surface area contributed by atoms with Gasteiger partial charge in [-0.05, 0) is 75.7 Å². The fourth-order valence-corrected chi connectivity index (χ4v) is 7.17. The van der Waals surface area contributed by atoms with E-state index in [-0.39, 0.29) is 28.5 Å². The summed E-state index contributed by atoms with van der Waals surface area (Å²) >= 11 is 0. The second-order valence-electron chi connectivity index (χ2n) is 11.9. The highest BCUT2D eigenvalue weighted by Gasteiger charge is 2.57. The number of allylic oxidation sites excluding steroid dienone is 2. The van der Waals surface area contributed by atoms with Gasteiger partial charge in [0.2, 0.25) is 0 Å². The first-order valence-corrected chi connectivity index (χ1v) is 14.3. The molecule has 2 atom stereocenters. The Kier molecular flexibility index (Phi) is 6.78. The Labute approximate surface area is 234 Å². The zero-order valence-corrected chi connectivity index (χ0v) is 23.2. The number of ketones is 1. The molecule has 4 N–H and O–H groups in total. The number of carboxylic acids is 1. The first kappa shape index (κ1) is 26.7. The minimum atomic E-state index is -0.979. The summed E-state index contributed by atoms with van der Waals surface area (Å²) in [6.45, 7) is 5.12. The Hall–Kier alpha value is -3.50. The van der Waals surface area contributed by atoms with E-state index in [0.717, 1.165) is 67.7 Å². The molecule has 7 rings (SSSR count). The van der Waals surface area contributed by atoms with Gasteiger partial charge in [-0.2, -0.15) is 0 Å². The molecule has 0 amide bonds. The van der Waals surface area contributed by atoms with Crippen molar-refractivity contribution >= 4 is 18.1 Å². The zero-order valence-electron chi connectivity index (χ0n) is 23.2. The summed E-state index contributed by atoms with van der Waals surface area (Å²) in [4.78, 5) is 33.3. The van der Waals surface area contributed by atoms with Crippen LogP contribution in [0.1, 0.15) is 81.3 Å². The van der Waals surface area contributed by atoms with Crippen LogP contribution in [-0.4, -0.2) is 57.0 Å². The standard InChI is InChI=1S/C30H38N6O4/c1-3-9-30(20(2)5-4-6-24(30)37)35-36-25-23(17-31-19-33-25)34-27(36)28-10-13-29(14-11-28,15-12-28)40-18-22-8-7-21(16-32-22)26(38)39/h4-8,16,19,27,34-35H,3,9-15,17-18H2,1-2H3,(H,31,33)(H,38,39). The third-order valence-electron chi connectivity index (χ3n) is 9.68. The monoisotopic (exact) mass is 546 g/mol. The number of aromatic nitrogens is 1. The topological polar surface area (TPSA) is 128 Å². The molecule has 3 fully saturated rings. The van der Waals surface area contributed by atoms with E-state index in [0.29, 0.717) is 19.6 Å². The molecule has 10 heteroatoms. The largest absolute Gasteiger partial charge is 0.478 e. The maximum atomic E-state index is 13.4. The Balaban J connectivity index is 1.20. The molecule has 0 radical (unpaired) electrons. The van der Waals surface area contributed by atoms with Crippen LogP contribution in [0, 0.1) is 5.41 Å². The number of aliphatic imine (C=N–C) groups is 1. The van der Waals surface area contributed by atoms with E-state index in [1.807, 2.05) is 19.1 Å². The molecule has 4 aliphatic carbocycles. The van der Waals surface area contributed by atoms with Gasteiger partial charge < -0.3 is 20.5 Å². The average Bonchev–Trinajstić information content (AvgIpc) is 3.35. The van der Waals surface area contributed by atoms with E-state index in [2.05, 4.69) is 38.0 Å². The van der Waals surface area contributed by atoms with Crippen LogP contribution in [0.2, 0.25) is 0 Å². The van der Waals surface area contributed by atoms with E-state index >= 15 is 0 Å². The molecule has 1 aromatic heterocycles. The molecule has 10 nitrogen and oxygen atoms in total. The van der Waals surface area contributed by atoms with E-state index in [9.17, 15) is 9.59 Å². The minimum Gasteiger partial charge on any atom is -0.478 e.